The third-order valence-corrected chi connectivity index (χ3v) is 3.42. The summed E-state index contributed by atoms with van der Waals surface area (Å²) in [5, 5.41) is 29.0. The Morgan fingerprint density at radius 2 is 2.00 bits per heavy atom. The van der Waals surface area contributed by atoms with Gasteiger partial charge in [0.15, 0.2) is 0 Å². The maximum absolute atomic E-state index is 11.0. The molecule has 0 spiro atoms. The standard InChI is InChI=1S/C12H10N4O4S/c1-14(13-8-10-3-2-6-21-10)11-5-4-9(15(17)18)7-12(11)16(19)20/h2-8H,1H3/b13-8+. The molecular weight excluding hydrogens is 296 g/mol. The smallest absolute Gasteiger partial charge is 0.262 e. The third-order valence-electron chi connectivity index (χ3n) is 2.62. The number of hydrogen-bond donors (Lipinski definition) is 0. The van der Waals surface area contributed by atoms with E-state index in [0.29, 0.717) is 0 Å². The summed E-state index contributed by atoms with van der Waals surface area (Å²) in [6, 6.07) is 7.15. The van der Waals surface area contributed by atoms with Crippen molar-refractivity contribution in [2.75, 3.05) is 12.1 Å². The Bertz CT molecular complexity index is 699. The molecule has 0 N–H and O–H groups in total. The molecular formula is C12H10N4O4S. The molecule has 21 heavy (non-hydrogen) atoms. The van der Waals surface area contributed by atoms with Crippen LogP contribution in [0.15, 0.2) is 40.8 Å². The molecule has 2 rings (SSSR count). The zero-order chi connectivity index (χ0) is 15.4. The summed E-state index contributed by atoms with van der Waals surface area (Å²) in [5.41, 5.74) is -0.519. The van der Waals surface area contributed by atoms with E-state index in [-0.39, 0.29) is 17.1 Å². The number of rotatable bonds is 5. The molecule has 1 aromatic carbocycles. The van der Waals surface area contributed by atoms with Crippen LogP contribution < -0.4 is 5.01 Å². The molecule has 0 aliphatic carbocycles. The van der Waals surface area contributed by atoms with Crippen molar-refractivity contribution < 1.29 is 9.85 Å². The predicted molar refractivity (Wildman–Crippen MR) is 80.1 cm³/mol. The van der Waals surface area contributed by atoms with Gasteiger partial charge in [-0.1, -0.05) is 6.07 Å². The molecule has 0 unspecified atom stereocenters. The van der Waals surface area contributed by atoms with Gasteiger partial charge in [0.05, 0.1) is 22.1 Å². The highest BCUT2D eigenvalue weighted by atomic mass is 32.1. The second-order valence-electron chi connectivity index (χ2n) is 3.97. The highest BCUT2D eigenvalue weighted by Gasteiger charge is 2.21. The van der Waals surface area contributed by atoms with Crippen LogP contribution in [0.5, 0.6) is 0 Å². The molecule has 8 nitrogen and oxygen atoms in total. The fraction of sp³-hybridized carbons (Fsp3) is 0.0833. The van der Waals surface area contributed by atoms with Crippen molar-refractivity contribution in [2.45, 2.75) is 0 Å². The van der Waals surface area contributed by atoms with Gasteiger partial charge in [-0.2, -0.15) is 5.10 Å². The minimum absolute atomic E-state index is 0.179. The SMILES string of the molecule is CN(/N=C/c1cccs1)c1ccc([N+](=O)[O-])cc1[N+](=O)[O-]. The van der Waals surface area contributed by atoms with Gasteiger partial charge in [-0.05, 0) is 17.5 Å². The summed E-state index contributed by atoms with van der Waals surface area (Å²) in [5.74, 6) is 0. The zero-order valence-corrected chi connectivity index (χ0v) is 11.7. The van der Waals surface area contributed by atoms with Gasteiger partial charge >= 0.3 is 5.69 Å². The second kappa shape index (κ2) is 6.09. The molecule has 0 fully saturated rings. The van der Waals surface area contributed by atoms with E-state index < -0.39 is 9.85 Å². The fourth-order valence-corrected chi connectivity index (χ4v) is 2.20. The molecule has 1 aromatic heterocycles. The highest BCUT2D eigenvalue weighted by molar-refractivity contribution is 7.11. The molecule has 0 aliphatic rings. The van der Waals surface area contributed by atoms with Crippen molar-refractivity contribution in [3.8, 4) is 0 Å². The van der Waals surface area contributed by atoms with Crippen LogP contribution in [0.2, 0.25) is 0 Å². The average Bonchev–Trinajstić information content (AvgIpc) is 2.97. The normalized spacial score (nSPS) is 10.7. The van der Waals surface area contributed by atoms with Gasteiger partial charge in [0.2, 0.25) is 0 Å². The van der Waals surface area contributed by atoms with E-state index in [2.05, 4.69) is 5.10 Å². The number of nitrogens with zero attached hydrogens (tertiary/aromatic N) is 4. The molecule has 0 saturated carbocycles. The van der Waals surface area contributed by atoms with Crippen molar-refractivity contribution in [1.82, 2.24) is 0 Å². The molecule has 2 aromatic rings. The largest absolute Gasteiger partial charge is 0.301 e. The van der Waals surface area contributed by atoms with Crippen LogP contribution in [-0.2, 0) is 0 Å². The number of anilines is 1. The first-order valence-corrected chi connectivity index (χ1v) is 6.61. The third kappa shape index (κ3) is 3.39. The summed E-state index contributed by atoms with van der Waals surface area (Å²) >= 11 is 1.48. The van der Waals surface area contributed by atoms with Crippen molar-refractivity contribution in [1.29, 1.82) is 0 Å². The van der Waals surface area contributed by atoms with E-state index in [4.69, 9.17) is 0 Å². The molecule has 0 bridgehead atoms. The van der Waals surface area contributed by atoms with Crippen molar-refractivity contribution >= 4 is 34.6 Å². The first-order valence-electron chi connectivity index (χ1n) is 5.73. The molecule has 0 saturated heterocycles. The maximum atomic E-state index is 11.0. The number of hydrogen-bond acceptors (Lipinski definition) is 7. The maximum Gasteiger partial charge on any atom is 0.301 e. The Hall–Kier alpha value is -2.81. The van der Waals surface area contributed by atoms with Crippen LogP contribution >= 0.6 is 11.3 Å². The number of non-ortho nitro benzene ring substituents is 1. The minimum atomic E-state index is -0.675. The van der Waals surface area contributed by atoms with Gasteiger partial charge in [-0.25, -0.2) is 0 Å². The van der Waals surface area contributed by atoms with E-state index in [0.717, 1.165) is 10.9 Å². The Kier molecular flexibility index (Phi) is 4.24. The molecule has 0 aliphatic heterocycles. The van der Waals surface area contributed by atoms with Crippen LogP contribution in [-0.4, -0.2) is 23.1 Å². The first-order chi connectivity index (χ1) is 9.99. The zero-order valence-electron chi connectivity index (χ0n) is 10.9. The summed E-state index contributed by atoms with van der Waals surface area (Å²) in [7, 11) is 1.54. The summed E-state index contributed by atoms with van der Waals surface area (Å²) < 4.78 is 0. The number of hydrazone groups is 1. The van der Waals surface area contributed by atoms with E-state index in [1.807, 2.05) is 17.5 Å². The van der Waals surface area contributed by atoms with Crippen LogP contribution in [0, 0.1) is 20.2 Å². The first kappa shape index (κ1) is 14.6. The van der Waals surface area contributed by atoms with Gasteiger partial charge in [-0.15, -0.1) is 11.3 Å². The van der Waals surface area contributed by atoms with Crippen molar-refractivity contribution in [3.05, 3.63) is 60.8 Å². The molecule has 9 heteroatoms. The number of nitro benzene ring substituents is 2. The summed E-state index contributed by atoms with van der Waals surface area (Å²) in [4.78, 5) is 21.3. The molecule has 0 amide bonds. The topological polar surface area (TPSA) is 102 Å². The number of nitro groups is 2. The lowest BCUT2D eigenvalue weighted by molar-refractivity contribution is -0.393. The monoisotopic (exact) mass is 306 g/mol. The highest BCUT2D eigenvalue weighted by Crippen LogP contribution is 2.31. The lowest BCUT2D eigenvalue weighted by atomic mass is 10.2. The molecule has 0 atom stereocenters. The van der Waals surface area contributed by atoms with Crippen LogP contribution in [0.3, 0.4) is 0 Å². The van der Waals surface area contributed by atoms with Crippen molar-refractivity contribution in [2.24, 2.45) is 5.10 Å². The second-order valence-corrected chi connectivity index (χ2v) is 4.95. The minimum Gasteiger partial charge on any atom is -0.262 e. The Morgan fingerprint density at radius 3 is 2.57 bits per heavy atom. The van der Waals surface area contributed by atoms with Gasteiger partial charge in [0.25, 0.3) is 5.69 Å². The molecule has 1 heterocycles. The van der Waals surface area contributed by atoms with E-state index in [1.165, 1.54) is 35.5 Å². The van der Waals surface area contributed by atoms with Gasteiger partial charge in [0.1, 0.15) is 5.69 Å². The number of thiophene rings is 1. The Balaban J connectivity index is 2.33. The van der Waals surface area contributed by atoms with Crippen molar-refractivity contribution in [3.63, 3.8) is 0 Å². The van der Waals surface area contributed by atoms with E-state index in [9.17, 15) is 20.2 Å². The van der Waals surface area contributed by atoms with Crippen LogP contribution in [0.25, 0.3) is 0 Å². The fourth-order valence-electron chi connectivity index (χ4n) is 1.62. The van der Waals surface area contributed by atoms with Crippen LogP contribution in [0.4, 0.5) is 17.1 Å². The van der Waals surface area contributed by atoms with Gasteiger partial charge in [-0.3, -0.25) is 25.2 Å². The van der Waals surface area contributed by atoms with Gasteiger partial charge < -0.3 is 0 Å². The van der Waals surface area contributed by atoms with Crippen LogP contribution in [0.1, 0.15) is 4.88 Å². The lowest BCUT2D eigenvalue weighted by Crippen LogP contribution is -2.11. The molecule has 108 valence electrons. The average molecular weight is 306 g/mol. The number of benzene rings is 1. The summed E-state index contributed by atoms with van der Waals surface area (Å²) in [6.07, 6.45) is 1.57. The van der Waals surface area contributed by atoms with E-state index in [1.54, 1.807) is 6.21 Å². The Labute approximate surface area is 123 Å². The quantitative estimate of drug-likeness (QED) is 0.480. The van der Waals surface area contributed by atoms with E-state index >= 15 is 0 Å². The summed E-state index contributed by atoms with van der Waals surface area (Å²) in [6.45, 7) is 0. The molecule has 0 radical (unpaired) electrons. The van der Waals surface area contributed by atoms with Gasteiger partial charge in [0, 0.05) is 18.0 Å². The Morgan fingerprint density at radius 1 is 1.24 bits per heavy atom. The predicted octanol–water partition coefficient (Wildman–Crippen LogP) is 3.03. The lowest BCUT2D eigenvalue weighted by Gasteiger charge is -2.12.